The summed E-state index contributed by atoms with van der Waals surface area (Å²) in [6.07, 6.45) is 6.18. The summed E-state index contributed by atoms with van der Waals surface area (Å²) in [6, 6.07) is -0.0803. The molecule has 0 unspecified atom stereocenters. The van der Waals surface area contributed by atoms with E-state index < -0.39 is 5.97 Å². The van der Waals surface area contributed by atoms with Crippen LogP contribution in [0.4, 0.5) is 5.82 Å². The molecular weight excluding hydrogens is 322 g/mol. The maximum Gasteiger partial charge on any atom is 0.343 e. The fraction of sp³-hybridized carbons (Fsp3) is 0.722. The Hall–Kier alpha value is -1.89. The molecule has 2 fully saturated rings. The highest BCUT2D eigenvalue weighted by Gasteiger charge is 2.37. The standard InChI is InChI=1S/C18H27N3O4/c1-3-25-18(23)15-10-19-20-16(15)21(14-8-9-24-11-14)17(22)13-6-4-12(2)5-7-13/h10,12-14H,3-9,11H2,1-2H3,(H,19,20)/t12-,13-,14-/m0/s1. The Kier molecular flexibility index (Phi) is 5.73. The van der Waals surface area contributed by atoms with Crippen molar-refractivity contribution in [1.29, 1.82) is 0 Å². The van der Waals surface area contributed by atoms with E-state index in [2.05, 4.69) is 17.1 Å². The Labute approximate surface area is 148 Å². The van der Waals surface area contributed by atoms with Crippen LogP contribution in [0.2, 0.25) is 0 Å². The fourth-order valence-electron chi connectivity index (χ4n) is 3.71. The number of nitrogens with zero attached hydrogens (tertiary/aromatic N) is 2. The Morgan fingerprint density at radius 1 is 1.32 bits per heavy atom. The Balaban J connectivity index is 1.87. The number of ether oxygens (including phenoxy) is 2. The second-order valence-corrected chi connectivity index (χ2v) is 7.03. The van der Waals surface area contributed by atoms with Crippen LogP contribution in [0.1, 0.15) is 56.3 Å². The number of H-pyrrole nitrogens is 1. The van der Waals surface area contributed by atoms with Crippen LogP contribution in [0.5, 0.6) is 0 Å². The predicted octanol–water partition coefficient (Wildman–Crippen LogP) is 2.53. The summed E-state index contributed by atoms with van der Waals surface area (Å²) in [5, 5.41) is 6.94. The number of carbonyl (C=O) groups excluding carboxylic acids is 2. The van der Waals surface area contributed by atoms with Crippen molar-refractivity contribution in [3.05, 3.63) is 11.8 Å². The molecule has 1 saturated heterocycles. The van der Waals surface area contributed by atoms with Gasteiger partial charge in [-0.05, 0) is 44.9 Å². The van der Waals surface area contributed by atoms with Gasteiger partial charge in [0, 0.05) is 18.7 Å². The first kappa shape index (κ1) is 17.9. The molecule has 1 aliphatic heterocycles. The highest BCUT2D eigenvalue weighted by atomic mass is 16.5. The molecule has 1 N–H and O–H groups in total. The second kappa shape index (κ2) is 7.99. The van der Waals surface area contributed by atoms with E-state index in [4.69, 9.17) is 9.47 Å². The molecule has 1 amide bonds. The van der Waals surface area contributed by atoms with Crippen molar-refractivity contribution >= 4 is 17.7 Å². The van der Waals surface area contributed by atoms with Gasteiger partial charge in [0.1, 0.15) is 5.56 Å². The van der Waals surface area contributed by atoms with Gasteiger partial charge in [-0.1, -0.05) is 6.92 Å². The lowest BCUT2D eigenvalue weighted by molar-refractivity contribution is -0.124. The molecule has 1 atom stereocenters. The number of nitrogens with one attached hydrogen (secondary N) is 1. The van der Waals surface area contributed by atoms with Crippen molar-refractivity contribution in [3.8, 4) is 0 Å². The zero-order valence-corrected chi connectivity index (χ0v) is 15.0. The van der Waals surface area contributed by atoms with Gasteiger partial charge in [-0.25, -0.2) is 4.79 Å². The number of aromatic nitrogens is 2. The van der Waals surface area contributed by atoms with Gasteiger partial charge in [-0.15, -0.1) is 0 Å². The molecule has 1 saturated carbocycles. The van der Waals surface area contributed by atoms with Crippen molar-refractivity contribution in [3.63, 3.8) is 0 Å². The summed E-state index contributed by atoms with van der Waals surface area (Å²) in [5.41, 5.74) is 0.311. The molecule has 1 aromatic heterocycles. The second-order valence-electron chi connectivity index (χ2n) is 7.03. The van der Waals surface area contributed by atoms with Gasteiger partial charge in [-0.3, -0.25) is 14.8 Å². The quantitative estimate of drug-likeness (QED) is 0.826. The third-order valence-corrected chi connectivity index (χ3v) is 5.22. The van der Waals surface area contributed by atoms with Gasteiger partial charge in [-0.2, -0.15) is 5.10 Å². The molecule has 3 rings (SSSR count). The van der Waals surface area contributed by atoms with E-state index in [1.807, 2.05) is 0 Å². The van der Waals surface area contributed by atoms with Crippen molar-refractivity contribution < 1.29 is 19.1 Å². The maximum absolute atomic E-state index is 13.3. The van der Waals surface area contributed by atoms with E-state index in [1.165, 1.54) is 6.20 Å². The first-order valence-corrected chi connectivity index (χ1v) is 9.23. The minimum absolute atomic E-state index is 0.0106. The van der Waals surface area contributed by atoms with Gasteiger partial charge in [0.15, 0.2) is 5.82 Å². The molecule has 0 aromatic carbocycles. The Morgan fingerprint density at radius 2 is 2.08 bits per heavy atom. The maximum atomic E-state index is 13.3. The van der Waals surface area contributed by atoms with E-state index in [1.54, 1.807) is 11.8 Å². The minimum atomic E-state index is -0.458. The van der Waals surface area contributed by atoms with Crippen LogP contribution in [-0.4, -0.2) is 47.9 Å². The van der Waals surface area contributed by atoms with E-state index in [0.717, 1.165) is 32.1 Å². The molecule has 25 heavy (non-hydrogen) atoms. The number of anilines is 1. The fourth-order valence-corrected chi connectivity index (χ4v) is 3.71. The van der Waals surface area contributed by atoms with Crippen LogP contribution in [0.25, 0.3) is 0 Å². The third kappa shape index (κ3) is 3.86. The van der Waals surface area contributed by atoms with Crippen molar-refractivity contribution in [1.82, 2.24) is 10.2 Å². The summed E-state index contributed by atoms with van der Waals surface area (Å²) < 4.78 is 10.6. The molecular formula is C18H27N3O4. The summed E-state index contributed by atoms with van der Waals surface area (Å²) in [7, 11) is 0. The first-order chi connectivity index (χ1) is 12.1. The lowest BCUT2D eigenvalue weighted by Crippen LogP contribution is -2.46. The largest absolute Gasteiger partial charge is 0.462 e. The highest BCUT2D eigenvalue weighted by Crippen LogP contribution is 2.33. The Morgan fingerprint density at radius 3 is 2.72 bits per heavy atom. The van der Waals surface area contributed by atoms with Crippen LogP contribution in [0.15, 0.2) is 6.20 Å². The predicted molar refractivity (Wildman–Crippen MR) is 92.4 cm³/mol. The number of esters is 1. The van der Waals surface area contributed by atoms with Crippen molar-refractivity contribution in [2.75, 3.05) is 24.7 Å². The Bertz CT molecular complexity index is 601. The van der Waals surface area contributed by atoms with Crippen LogP contribution in [-0.2, 0) is 14.3 Å². The average Bonchev–Trinajstić information content (AvgIpc) is 3.28. The van der Waals surface area contributed by atoms with Crippen LogP contribution < -0.4 is 4.90 Å². The van der Waals surface area contributed by atoms with Crippen molar-refractivity contribution in [2.24, 2.45) is 11.8 Å². The van der Waals surface area contributed by atoms with Gasteiger partial charge < -0.3 is 9.47 Å². The molecule has 0 bridgehead atoms. The summed E-state index contributed by atoms with van der Waals surface area (Å²) in [6.45, 7) is 5.37. The number of amides is 1. The summed E-state index contributed by atoms with van der Waals surface area (Å²) in [4.78, 5) is 27.2. The monoisotopic (exact) mass is 349 g/mol. The SMILES string of the molecule is CCOC(=O)c1c[nH]nc1N(C(=O)[C@H]1CC[C@H](C)CC1)[C@H]1CCOC1. The van der Waals surface area contributed by atoms with E-state index in [9.17, 15) is 9.59 Å². The summed E-state index contributed by atoms with van der Waals surface area (Å²) >= 11 is 0. The molecule has 7 heteroatoms. The van der Waals surface area contributed by atoms with Gasteiger partial charge in [0.2, 0.25) is 5.91 Å². The minimum Gasteiger partial charge on any atom is -0.462 e. The number of aromatic amines is 1. The van der Waals surface area contributed by atoms with Gasteiger partial charge in [0.05, 0.1) is 19.3 Å². The van der Waals surface area contributed by atoms with Gasteiger partial charge >= 0.3 is 5.97 Å². The normalized spacial score (nSPS) is 26.4. The molecule has 1 aromatic rings. The molecule has 0 spiro atoms. The van der Waals surface area contributed by atoms with Crippen LogP contribution in [0.3, 0.4) is 0 Å². The molecule has 2 heterocycles. The van der Waals surface area contributed by atoms with Crippen molar-refractivity contribution in [2.45, 2.75) is 52.0 Å². The van der Waals surface area contributed by atoms with Crippen LogP contribution in [0, 0.1) is 11.8 Å². The number of hydrogen-bond donors (Lipinski definition) is 1. The van der Waals surface area contributed by atoms with Gasteiger partial charge in [0.25, 0.3) is 0 Å². The molecule has 0 radical (unpaired) electrons. The highest BCUT2D eigenvalue weighted by molar-refractivity contribution is 6.02. The molecule has 1 aliphatic carbocycles. The van der Waals surface area contributed by atoms with E-state index in [0.29, 0.717) is 30.5 Å². The lowest BCUT2D eigenvalue weighted by Gasteiger charge is -2.33. The molecule has 7 nitrogen and oxygen atoms in total. The zero-order chi connectivity index (χ0) is 17.8. The zero-order valence-electron chi connectivity index (χ0n) is 15.0. The topological polar surface area (TPSA) is 84.5 Å². The average molecular weight is 349 g/mol. The molecule has 2 aliphatic rings. The third-order valence-electron chi connectivity index (χ3n) is 5.22. The number of hydrogen-bond acceptors (Lipinski definition) is 5. The van der Waals surface area contributed by atoms with Crippen LogP contribution >= 0.6 is 0 Å². The lowest BCUT2D eigenvalue weighted by atomic mass is 9.82. The summed E-state index contributed by atoms with van der Waals surface area (Å²) in [5.74, 6) is 0.634. The molecule has 138 valence electrons. The number of rotatable bonds is 5. The van der Waals surface area contributed by atoms with E-state index in [-0.39, 0.29) is 24.5 Å². The smallest absolute Gasteiger partial charge is 0.343 e. The number of carbonyl (C=O) groups is 2. The first-order valence-electron chi connectivity index (χ1n) is 9.23. The van der Waals surface area contributed by atoms with E-state index >= 15 is 0 Å².